The molecule has 0 fully saturated rings. The topological polar surface area (TPSA) is 79.2 Å². The van der Waals surface area contributed by atoms with Gasteiger partial charge in [0.2, 0.25) is 0 Å². The maximum absolute atomic E-state index is 13.4. The van der Waals surface area contributed by atoms with Crippen LogP contribution in [0.15, 0.2) is 41.6 Å². The number of hydrogen-bond acceptors (Lipinski definition) is 5. The van der Waals surface area contributed by atoms with E-state index in [-0.39, 0.29) is 18.3 Å². The summed E-state index contributed by atoms with van der Waals surface area (Å²) in [7, 11) is 1.72. The number of amides is 1. The van der Waals surface area contributed by atoms with Gasteiger partial charge in [-0.05, 0) is 43.1 Å². The zero-order valence-electron chi connectivity index (χ0n) is 14.7. The molecule has 0 saturated heterocycles. The zero-order chi connectivity index (χ0) is 19.6. The molecule has 1 aromatic carbocycles. The first-order valence-corrected chi connectivity index (χ1v) is 8.97. The van der Waals surface area contributed by atoms with E-state index >= 15 is 0 Å². The van der Waals surface area contributed by atoms with E-state index in [0.29, 0.717) is 21.6 Å². The lowest BCUT2D eigenvalue weighted by Gasteiger charge is -2.11. The highest BCUT2D eigenvalue weighted by molar-refractivity contribution is 7.97. The summed E-state index contributed by atoms with van der Waals surface area (Å²) in [4.78, 5) is 17.2. The maximum atomic E-state index is 13.4. The van der Waals surface area contributed by atoms with Crippen molar-refractivity contribution in [1.29, 1.82) is 0 Å². The van der Waals surface area contributed by atoms with E-state index in [1.807, 2.05) is 6.92 Å². The second-order valence-electron chi connectivity index (χ2n) is 6.00. The Balaban J connectivity index is 1.96. The fraction of sp³-hybridized carbons (Fsp3) is 0.222. The number of aromatic nitrogens is 2. The molecule has 3 aromatic rings. The molecule has 142 valence electrons. The molecule has 2 aromatic heterocycles. The van der Waals surface area contributed by atoms with Gasteiger partial charge in [-0.1, -0.05) is 0 Å². The molecule has 1 atom stereocenters. The molecule has 0 bridgehead atoms. The van der Waals surface area contributed by atoms with Crippen molar-refractivity contribution in [3.05, 3.63) is 53.9 Å². The largest absolute Gasteiger partial charge is 0.395 e. The van der Waals surface area contributed by atoms with Gasteiger partial charge in [-0.3, -0.25) is 14.5 Å². The van der Waals surface area contributed by atoms with Crippen LogP contribution in [0.2, 0.25) is 0 Å². The van der Waals surface area contributed by atoms with Crippen molar-refractivity contribution < 1.29 is 18.7 Å². The Bertz CT molecular complexity index is 993. The Labute approximate surface area is 158 Å². The molecule has 3 N–H and O–H groups in total. The van der Waals surface area contributed by atoms with Crippen LogP contribution in [0.1, 0.15) is 17.4 Å². The minimum Gasteiger partial charge on any atom is -0.395 e. The lowest BCUT2D eigenvalue weighted by molar-refractivity contribution is 0.102. The smallest absolute Gasteiger partial charge is 0.273 e. The van der Waals surface area contributed by atoms with Crippen LogP contribution in [-0.4, -0.2) is 33.2 Å². The van der Waals surface area contributed by atoms with Crippen molar-refractivity contribution in [1.82, 2.24) is 14.3 Å². The number of carbonyl (C=O) groups excluding carboxylic acids is 1. The molecule has 3 rings (SSSR count). The highest BCUT2D eigenvalue weighted by Crippen LogP contribution is 2.30. The van der Waals surface area contributed by atoms with Crippen molar-refractivity contribution in [2.75, 3.05) is 11.9 Å². The van der Waals surface area contributed by atoms with E-state index in [9.17, 15) is 18.7 Å². The third-order valence-corrected chi connectivity index (χ3v) is 5.11. The fourth-order valence-corrected chi connectivity index (χ4v) is 3.43. The van der Waals surface area contributed by atoms with Crippen LogP contribution in [0.3, 0.4) is 0 Å². The molecule has 1 amide bonds. The maximum Gasteiger partial charge on any atom is 0.273 e. The highest BCUT2D eigenvalue weighted by Gasteiger charge is 2.22. The van der Waals surface area contributed by atoms with Crippen LogP contribution in [-0.2, 0) is 7.05 Å². The summed E-state index contributed by atoms with van der Waals surface area (Å²) in [6.45, 7) is 1.79. The van der Waals surface area contributed by atoms with Gasteiger partial charge in [0.25, 0.3) is 5.91 Å². The van der Waals surface area contributed by atoms with Gasteiger partial charge in [-0.15, -0.1) is 0 Å². The standard InChI is InChI=1S/C18H18F2N4O2S/c1-10(9-25)23-27-18-15-12(4-3-7-21-15)16(24(18)2)17(26)22-11-5-6-13(19)14(20)8-11/h3-8,10,23,25H,9H2,1-2H3,(H,22,26). The predicted octanol–water partition coefficient (Wildman–Crippen LogP) is 3.08. The van der Waals surface area contributed by atoms with Gasteiger partial charge in [0.1, 0.15) is 16.2 Å². The van der Waals surface area contributed by atoms with Gasteiger partial charge in [0.05, 0.1) is 6.61 Å². The summed E-state index contributed by atoms with van der Waals surface area (Å²) in [5.74, 6) is -2.49. The average molecular weight is 392 g/mol. The first-order chi connectivity index (χ1) is 12.9. The number of aliphatic hydroxyl groups is 1. The van der Waals surface area contributed by atoms with Crippen LogP contribution in [0.4, 0.5) is 14.5 Å². The molecule has 27 heavy (non-hydrogen) atoms. The van der Waals surface area contributed by atoms with Gasteiger partial charge in [-0.2, -0.15) is 0 Å². The molecule has 9 heteroatoms. The van der Waals surface area contributed by atoms with E-state index in [1.165, 1.54) is 18.0 Å². The second-order valence-corrected chi connectivity index (χ2v) is 6.83. The third kappa shape index (κ3) is 3.95. The molecule has 0 radical (unpaired) electrons. The Morgan fingerprint density at radius 3 is 2.81 bits per heavy atom. The number of nitrogens with zero attached hydrogens (tertiary/aromatic N) is 2. The molecule has 0 saturated carbocycles. The summed E-state index contributed by atoms with van der Waals surface area (Å²) >= 11 is 1.26. The van der Waals surface area contributed by atoms with Crippen molar-refractivity contribution in [3.8, 4) is 0 Å². The van der Waals surface area contributed by atoms with Gasteiger partial charge in [0.15, 0.2) is 11.6 Å². The molecule has 0 aliphatic rings. The molecule has 0 aliphatic heterocycles. The molecular formula is C18H18F2N4O2S. The van der Waals surface area contributed by atoms with Gasteiger partial charge < -0.3 is 15.0 Å². The molecule has 2 heterocycles. The van der Waals surface area contributed by atoms with Crippen molar-refractivity contribution in [2.24, 2.45) is 7.05 Å². The second kappa shape index (κ2) is 8.03. The number of anilines is 1. The van der Waals surface area contributed by atoms with Crippen LogP contribution < -0.4 is 10.0 Å². The lowest BCUT2D eigenvalue weighted by atomic mass is 10.2. The normalized spacial score (nSPS) is 12.3. The number of rotatable bonds is 6. The summed E-state index contributed by atoms with van der Waals surface area (Å²) in [6, 6.07) is 6.51. The molecule has 0 spiro atoms. The third-order valence-electron chi connectivity index (χ3n) is 3.93. The highest BCUT2D eigenvalue weighted by atomic mass is 32.2. The quantitative estimate of drug-likeness (QED) is 0.562. The Hall–Kier alpha value is -2.49. The van der Waals surface area contributed by atoms with E-state index in [0.717, 1.165) is 12.1 Å². The first-order valence-electron chi connectivity index (χ1n) is 8.15. The van der Waals surface area contributed by atoms with E-state index in [1.54, 1.807) is 29.9 Å². The monoisotopic (exact) mass is 392 g/mol. The van der Waals surface area contributed by atoms with Crippen LogP contribution in [0.5, 0.6) is 0 Å². The van der Waals surface area contributed by atoms with Crippen LogP contribution in [0.25, 0.3) is 10.9 Å². The molecule has 1 unspecified atom stereocenters. The predicted molar refractivity (Wildman–Crippen MR) is 101 cm³/mol. The number of carbonyl (C=O) groups is 1. The fourth-order valence-electron chi connectivity index (χ4n) is 2.56. The Morgan fingerprint density at radius 1 is 1.33 bits per heavy atom. The summed E-state index contributed by atoms with van der Waals surface area (Å²) in [5.41, 5.74) is 1.11. The average Bonchev–Trinajstić information content (AvgIpc) is 2.94. The summed E-state index contributed by atoms with van der Waals surface area (Å²) < 4.78 is 31.2. The van der Waals surface area contributed by atoms with Crippen molar-refractivity contribution >= 4 is 34.4 Å². The Kier molecular flexibility index (Phi) is 5.73. The van der Waals surface area contributed by atoms with E-state index in [2.05, 4.69) is 15.0 Å². The molecule has 0 aliphatic carbocycles. The van der Waals surface area contributed by atoms with Gasteiger partial charge in [-0.25, -0.2) is 8.78 Å². The lowest BCUT2D eigenvalue weighted by Crippen LogP contribution is -2.23. The van der Waals surface area contributed by atoms with Gasteiger partial charge >= 0.3 is 0 Å². The van der Waals surface area contributed by atoms with Crippen molar-refractivity contribution in [2.45, 2.75) is 18.0 Å². The summed E-state index contributed by atoms with van der Waals surface area (Å²) in [5, 5.41) is 13.1. The van der Waals surface area contributed by atoms with E-state index < -0.39 is 17.5 Å². The summed E-state index contributed by atoms with van der Waals surface area (Å²) in [6.07, 6.45) is 1.62. The van der Waals surface area contributed by atoms with Crippen LogP contribution in [0, 0.1) is 11.6 Å². The van der Waals surface area contributed by atoms with Crippen molar-refractivity contribution in [3.63, 3.8) is 0 Å². The zero-order valence-corrected chi connectivity index (χ0v) is 15.5. The minimum atomic E-state index is -1.04. The minimum absolute atomic E-state index is 0.0355. The molecule has 6 nitrogen and oxygen atoms in total. The van der Waals surface area contributed by atoms with Gasteiger partial charge in [0, 0.05) is 36.4 Å². The Morgan fingerprint density at radius 2 is 2.11 bits per heavy atom. The number of nitrogens with one attached hydrogen (secondary N) is 2. The number of halogens is 2. The van der Waals surface area contributed by atoms with E-state index in [4.69, 9.17) is 0 Å². The number of fused-ring (bicyclic) bond motifs is 1. The number of benzene rings is 1. The number of hydrogen-bond donors (Lipinski definition) is 3. The van der Waals surface area contributed by atoms with Crippen LogP contribution >= 0.6 is 11.9 Å². The first kappa shape index (κ1) is 19.3. The molecular weight excluding hydrogens is 374 g/mol. The SMILES string of the molecule is CC(CO)NSc1c2ncccc2c(C(=O)Nc2ccc(F)c(F)c2)n1C. The number of aliphatic hydroxyl groups excluding tert-OH is 1. The number of pyridine rings is 1.